The van der Waals surface area contributed by atoms with Crippen molar-refractivity contribution in [2.45, 2.75) is 56.4 Å². The Morgan fingerprint density at radius 1 is 1.15 bits per heavy atom. The second-order valence-corrected chi connectivity index (χ2v) is 11.6. The monoisotopic (exact) mass is 492 g/mol. The van der Waals surface area contributed by atoms with Crippen LogP contribution in [0.25, 0.3) is 11.1 Å². The predicted octanol–water partition coefficient (Wildman–Crippen LogP) is 2.14. The molecule has 0 bridgehead atoms. The Morgan fingerprint density at radius 2 is 1.79 bits per heavy atom. The fraction of sp³-hybridized carbons (Fsp3) is 0.500. The number of hydrogen-bond donors (Lipinski definition) is 3. The smallest absolute Gasteiger partial charge is 0.264 e. The second-order valence-electron chi connectivity index (χ2n) is 9.15. The molecule has 34 heavy (non-hydrogen) atoms. The van der Waals surface area contributed by atoms with E-state index in [4.69, 9.17) is 9.94 Å². The van der Waals surface area contributed by atoms with Gasteiger partial charge in [0.1, 0.15) is 5.75 Å². The Bertz CT molecular complexity index is 1150. The number of nitrogens with zero attached hydrogens (tertiary/aromatic N) is 1. The lowest BCUT2D eigenvalue weighted by molar-refractivity contribution is -0.131. The van der Waals surface area contributed by atoms with Crippen LogP contribution >= 0.6 is 0 Å². The number of hydroxylamine groups is 1. The molecule has 0 saturated heterocycles. The molecular weight excluding hydrogens is 460 g/mol. The number of aryl methyl sites for hydroxylation is 1. The number of carbonyl (C=O) groups excluding carboxylic acids is 1. The molecule has 1 fully saturated rings. The van der Waals surface area contributed by atoms with Gasteiger partial charge in [-0.25, -0.2) is 13.9 Å². The van der Waals surface area contributed by atoms with E-state index >= 15 is 0 Å². The number of aliphatic hydroxyl groups excluding tert-OH is 1. The lowest BCUT2D eigenvalue weighted by Gasteiger charge is -2.25. The normalized spacial score (nSPS) is 20.4. The maximum Gasteiger partial charge on any atom is 0.264 e. The molecule has 1 aromatic carbocycles. The average Bonchev–Trinajstić information content (AvgIpc) is 2.81. The van der Waals surface area contributed by atoms with Gasteiger partial charge in [-0.2, -0.15) is 0 Å². The van der Waals surface area contributed by atoms with Gasteiger partial charge >= 0.3 is 0 Å². The van der Waals surface area contributed by atoms with Crippen molar-refractivity contribution < 1.29 is 28.3 Å². The highest BCUT2D eigenvalue weighted by Gasteiger charge is 2.43. The van der Waals surface area contributed by atoms with Gasteiger partial charge in [-0.3, -0.25) is 14.8 Å². The van der Waals surface area contributed by atoms with E-state index in [1.807, 2.05) is 24.3 Å². The van der Waals surface area contributed by atoms with Crippen molar-refractivity contribution in [1.29, 1.82) is 0 Å². The molecule has 0 radical (unpaired) electrons. The molecule has 186 valence electrons. The lowest BCUT2D eigenvalue weighted by Crippen LogP contribution is -2.49. The fourth-order valence-electron chi connectivity index (χ4n) is 4.06. The highest BCUT2D eigenvalue weighted by Crippen LogP contribution is 2.27. The molecule has 1 aliphatic carbocycles. The van der Waals surface area contributed by atoms with Crippen molar-refractivity contribution in [2.75, 3.05) is 12.9 Å². The molecule has 10 heteroatoms. The Kier molecular flexibility index (Phi) is 8.17. The van der Waals surface area contributed by atoms with Gasteiger partial charge < -0.3 is 14.4 Å². The minimum absolute atomic E-state index is 0.0128. The van der Waals surface area contributed by atoms with Crippen LogP contribution in [0.2, 0.25) is 0 Å². The molecule has 1 aliphatic rings. The summed E-state index contributed by atoms with van der Waals surface area (Å²) < 4.78 is 29.5. The summed E-state index contributed by atoms with van der Waals surface area (Å²) >= 11 is 0. The summed E-state index contributed by atoms with van der Waals surface area (Å²) in [4.78, 5) is 24.6. The third-order valence-corrected chi connectivity index (χ3v) is 8.74. The molecule has 1 atom stereocenters. The summed E-state index contributed by atoms with van der Waals surface area (Å²) in [6.45, 7) is 1.82. The first-order valence-electron chi connectivity index (χ1n) is 11.3. The molecule has 1 amide bonds. The quantitative estimate of drug-likeness (QED) is 0.361. The molecule has 0 spiro atoms. The standard InChI is InChI=1S/C24H32N2O7S/c1-24(23(29)25-30,34(2,31)32)12-14-26-13-11-19(15-22(26)28)18-5-9-21(10-6-18)33-16-17-3-7-20(27)8-4-17/h5-6,9-11,13,15,17,20,27,30H,3-4,7-8,12,14,16H2,1-2H3,(H,25,29). The zero-order valence-corrected chi connectivity index (χ0v) is 20.3. The van der Waals surface area contributed by atoms with Crippen LogP contribution in [0, 0.1) is 5.92 Å². The first-order valence-corrected chi connectivity index (χ1v) is 13.2. The molecular formula is C24H32N2O7S. The third kappa shape index (κ3) is 6.05. The number of aromatic nitrogens is 1. The van der Waals surface area contributed by atoms with E-state index in [1.165, 1.54) is 23.0 Å². The van der Waals surface area contributed by atoms with Crippen molar-refractivity contribution in [1.82, 2.24) is 10.0 Å². The number of ether oxygens (including phenoxy) is 1. The number of rotatable bonds is 9. The molecule has 1 aromatic heterocycles. The van der Waals surface area contributed by atoms with Crippen molar-refractivity contribution in [3.05, 3.63) is 52.9 Å². The van der Waals surface area contributed by atoms with E-state index in [0.29, 0.717) is 18.1 Å². The number of amides is 1. The van der Waals surface area contributed by atoms with Gasteiger partial charge in [0.2, 0.25) is 0 Å². The van der Waals surface area contributed by atoms with Crippen LogP contribution in [0.3, 0.4) is 0 Å². The maximum atomic E-state index is 12.6. The first-order chi connectivity index (χ1) is 16.0. The van der Waals surface area contributed by atoms with E-state index in [2.05, 4.69) is 0 Å². The van der Waals surface area contributed by atoms with E-state index < -0.39 is 20.5 Å². The van der Waals surface area contributed by atoms with Gasteiger partial charge in [0.05, 0.1) is 12.7 Å². The Morgan fingerprint density at radius 3 is 2.35 bits per heavy atom. The number of benzene rings is 1. The minimum Gasteiger partial charge on any atom is -0.493 e. The van der Waals surface area contributed by atoms with Crippen LogP contribution in [-0.4, -0.2) is 52.9 Å². The summed E-state index contributed by atoms with van der Waals surface area (Å²) in [5, 5.41) is 18.5. The van der Waals surface area contributed by atoms with E-state index in [-0.39, 0.29) is 24.6 Å². The number of pyridine rings is 1. The van der Waals surface area contributed by atoms with Gasteiger partial charge in [0.25, 0.3) is 11.5 Å². The molecule has 2 aromatic rings. The number of carbonyl (C=O) groups is 1. The summed E-state index contributed by atoms with van der Waals surface area (Å²) in [6.07, 6.45) is 5.67. The Labute approximate surface area is 199 Å². The van der Waals surface area contributed by atoms with Gasteiger partial charge in [-0.1, -0.05) is 12.1 Å². The van der Waals surface area contributed by atoms with Gasteiger partial charge in [0, 0.05) is 25.1 Å². The maximum absolute atomic E-state index is 12.6. The van der Waals surface area contributed by atoms with Crippen molar-refractivity contribution >= 4 is 15.7 Å². The second kappa shape index (κ2) is 10.7. The van der Waals surface area contributed by atoms with Crippen LogP contribution in [0.1, 0.15) is 39.0 Å². The van der Waals surface area contributed by atoms with Gasteiger partial charge in [0.15, 0.2) is 14.6 Å². The van der Waals surface area contributed by atoms with Crippen LogP contribution in [0.4, 0.5) is 0 Å². The van der Waals surface area contributed by atoms with E-state index in [0.717, 1.165) is 43.3 Å². The first kappa shape index (κ1) is 25.9. The summed E-state index contributed by atoms with van der Waals surface area (Å²) in [6, 6.07) is 10.6. The summed E-state index contributed by atoms with van der Waals surface area (Å²) in [7, 11) is -3.84. The highest BCUT2D eigenvalue weighted by atomic mass is 32.2. The van der Waals surface area contributed by atoms with Crippen molar-refractivity contribution in [3.63, 3.8) is 0 Å². The predicted molar refractivity (Wildman–Crippen MR) is 127 cm³/mol. The average molecular weight is 493 g/mol. The van der Waals surface area contributed by atoms with E-state index in [9.17, 15) is 23.1 Å². The number of aliphatic hydroxyl groups is 1. The number of sulfone groups is 1. The fourth-order valence-corrected chi connectivity index (χ4v) is 4.91. The van der Waals surface area contributed by atoms with E-state index in [1.54, 1.807) is 12.3 Å². The molecule has 1 saturated carbocycles. The van der Waals surface area contributed by atoms with Crippen LogP contribution in [-0.2, 0) is 21.2 Å². The Balaban J connectivity index is 1.64. The molecule has 1 heterocycles. The molecule has 9 nitrogen and oxygen atoms in total. The van der Waals surface area contributed by atoms with Gasteiger partial charge in [-0.15, -0.1) is 0 Å². The highest BCUT2D eigenvalue weighted by molar-refractivity contribution is 7.92. The molecule has 3 N–H and O–H groups in total. The van der Waals surface area contributed by atoms with Crippen molar-refractivity contribution in [2.24, 2.45) is 5.92 Å². The lowest BCUT2D eigenvalue weighted by atomic mass is 9.88. The molecule has 3 rings (SSSR count). The zero-order chi connectivity index (χ0) is 24.9. The zero-order valence-electron chi connectivity index (χ0n) is 19.4. The molecule has 0 aliphatic heterocycles. The number of hydrogen-bond acceptors (Lipinski definition) is 7. The largest absolute Gasteiger partial charge is 0.493 e. The molecule has 1 unspecified atom stereocenters. The summed E-state index contributed by atoms with van der Waals surface area (Å²) in [5.41, 5.74) is 2.60. The van der Waals surface area contributed by atoms with Crippen molar-refractivity contribution in [3.8, 4) is 16.9 Å². The van der Waals surface area contributed by atoms with Crippen LogP contribution < -0.4 is 15.8 Å². The number of nitrogens with one attached hydrogen (secondary N) is 1. The topological polar surface area (TPSA) is 135 Å². The summed E-state index contributed by atoms with van der Waals surface area (Å²) in [5.74, 6) is 0.150. The Hall–Kier alpha value is -2.69. The van der Waals surface area contributed by atoms with Gasteiger partial charge in [-0.05, 0) is 74.3 Å². The van der Waals surface area contributed by atoms with Crippen LogP contribution in [0.5, 0.6) is 5.75 Å². The third-order valence-electron chi connectivity index (χ3n) is 6.72. The SMILES string of the molecule is CC(CCn1ccc(-c2ccc(OCC3CCC(O)CC3)cc2)cc1=O)(C(=O)NO)S(C)(=O)=O. The minimum atomic E-state index is -3.84. The van der Waals surface area contributed by atoms with Crippen LogP contribution in [0.15, 0.2) is 47.4 Å².